The first kappa shape index (κ1) is 12.0. The second-order valence-corrected chi connectivity index (χ2v) is 7.24. The maximum atomic E-state index is 4.05. The fraction of sp³-hybridized carbons (Fsp3) is 0.812. The van der Waals surface area contributed by atoms with Crippen molar-refractivity contribution in [3.8, 4) is 0 Å². The Morgan fingerprint density at radius 1 is 1.21 bits per heavy atom. The van der Waals surface area contributed by atoms with Crippen LogP contribution in [0.3, 0.4) is 0 Å². The largest absolute Gasteiger partial charge is 0.309 e. The summed E-state index contributed by atoms with van der Waals surface area (Å²) in [6, 6.07) is 2.48. The van der Waals surface area contributed by atoms with Crippen molar-refractivity contribution in [2.24, 2.45) is 29.6 Å². The van der Waals surface area contributed by atoms with Crippen molar-refractivity contribution in [2.45, 2.75) is 45.1 Å². The molecule has 19 heavy (non-hydrogen) atoms. The van der Waals surface area contributed by atoms with E-state index in [0.29, 0.717) is 6.04 Å². The summed E-state index contributed by atoms with van der Waals surface area (Å²) in [6.45, 7) is 3.44. The van der Waals surface area contributed by atoms with Gasteiger partial charge in [-0.05, 0) is 81.2 Å². The molecule has 2 N–H and O–H groups in total. The van der Waals surface area contributed by atoms with Crippen molar-refractivity contribution < 1.29 is 0 Å². The minimum absolute atomic E-state index is 0.402. The van der Waals surface area contributed by atoms with Crippen LogP contribution in [-0.4, -0.2) is 16.7 Å². The fourth-order valence-corrected chi connectivity index (χ4v) is 5.30. The van der Waals surface area contributed by atoms with E-state index in [9.17, 15) is 0 Å². The molecule has 0 saturated heterocycles. The van der Waals surface area contributed by atoms with E-state index in [0.717, 1.165) is 29.6 Å². The number of nitrogens with one attached hydrogen (secondary N) is 2. The Morgan fingerprint density at radius 2 is 1.89 bits per heavy atom. The maximum absolute atomic E-state index is 4.05. The van der Waals surface area contributed by atoms with Crippen LogP contribution in [0.1, 0.15) is 50.8 Å². The smallest absolute Gasteiger partial charge is 0.0518 e. The molecule has 1 heterocycles. The Labute approximate surface area is 115 Å². The van der Waals surface area contributed by atoms with Crippen LogP contribution >= 0.6 is 0 Å². The number of aromatic nitrogens is 2. The minimum atomic E-state index is 0.402. The molecule has 1 aromatic heterocycles. The fourth-order valence-electron chi connectivity index (χ4n) is 5.30. The molecule has 1 unspecified atom stereocenters. The number of rotatable bonds is 4. The molecule has 3 nitrogen and oxygen atoms in total. The van der Waals surface area contributed by atoms with Crippen molar-refractivity contribution in [1.82, 2.24) is 15.5 Å². The van der Waals surface area contributed by atoms with Gasteiger partial charge in [0.05, 0.1) is 5.69 Å². The second-order valence-electron chi connectivity index (χ2n) is 7.24. The number of hydrogen-bond donors (Lipinski definition) is 2. The molecule has 1 atom stereocenters. The number of hydrogen-bond acceptors (Lipinski definition) is 2. The molecule has 1 aromatic rings. The van der Waals surface area contributed by atoms with Gasteiger partial charge >= 0.3 is 0 Å². The monoisotopic (exact) mass is 259 g/mol. The predicted molar refractivity (Wildman–Crippen MR) is 75.5 cm³/mol. The van der Waals surface area contributed by atoms with Gasteiger partial charge in [-0.25, -0.2) is 0 Å². The quantitative estimate of drug-likeness (QED) is 0.872. The number of nitrogens with zero attached hydrogens (tertiary/aromatic N) is 1. The highest BCUT2D eigenvalue weighted by molar-refractivity contribution is 5.04. The van der Waals surface area contributed by atoms with Gasteiger partial charge in [-0.15, -0.1) is 0 Å². The first-order chi connectivity index (χ1) is 9.29. The molecule has 3 heteroatoms. The van der Waals surface area contributed by atoms with Gasteiger partial charge in [0.15, 0.2) is 0 Å². The molecule has 4 aliphatic carbocycles. The van der Waals surface area contributed by atoms with Crippen molar-refractivity contribution in [3.63, 3.8) is 0 Å². The van der Waals surface area contributed by atoms with Crippen LogP contribution in [0.15, 0.2) is 12.3 Å². The standard InChI is InChI=1S/C16H25N3/c1-10(16-2-3-18-19-16)17-9-15-13-5-11-4-12(7-13)8-14(15)6-11/h2-3,10-15,17H,4-9H2,1H3,(H,18,19). The first-order valence-corrected chi connectivity index (χ1v) is 8.02. The van der Waals surface area contributed by atoms with E-state index in [4.69, 9.17) is 0 Å². The summed E-state index contributed by atoms with van der Waals surface area (Å²) in [4.78, 5) is 0. The molecular formula is C16H25N3. The Balaban J connectivity index is 1.38. The first-order valence-electron chi connectivity index (χ1n) is 8.02. The van der Waals surface area contributed by atoms with Gasteiger partial charge in [-0.1, -0.05) is 0 Å². The van der Waals surface area contributed by atoms with Crippen molar-refractivity contribution in [3.05, 3.63) is 18.0 Å². The SMILES string of the molecule is CC(NCC1C2CC3CC(C2)CC1C3)c1ccn[nH]1. The molecule has 104 valence electrons. The summed E-state index contributed by atoms with van der Waals surface area (Å²) in [5.74, 6) is 5.17. The molecule has 0 amide bonds. The van der Waals surface area contributed by atoms with Crippen LogP contribution in [0.25, 0.3) is 0 Å². The third-order valence-corrected chi connectivity index (χ3v) is 6.07. The molecule has 0 radical (unpaired) electrons. The van der Waals surface area contributed by atoms with Crippen molar-refractivity contribution >= 4 is 0 Å². The molecular weight excluding hydrogens is 234 g/mol. The van der Waals surface area contributed by atoms with Gasteiger partial charge in [0, 0.05) is 12.2 Å². The van der Waals surface area contributed by atoms with Crippen molar-refractivity contribution in [2.75, 3.05) is 6.54 Å². The van der Waals surface area contributed by atoms with Gasteiger partial charge in [0.25, 0.3) is 0 Å². The third-order valence-electron chi connectivity index (χ3n) is 6.07. The summed E-state index contributed by atoms with van der Waals surface area (Å²) >= 11 is 0. The Morgan fingerprint density at radius 3 is 2.47 bits per heavy atom. The van der Waals surface area contributed by atoms with Crippen LogP contribution < -0.4 is 5.32 Å². The summed E-state index contributed by atoms with van der Waals surface area (Å²) in [6.07, 6.45) is 9.50. The summed E-state index contributed by atoms with van der Waals surface area (Å²) in [5, 5.41) is 10.9. The van der Waals surface area contributed by atoms with Gasteiger partial charge in [-0.3, -0.25) is 5.10 Å². The van der Waals surface area contributed by atoms with E-state index in [1.807, 2.05) is 6.20 Å². The molecule has 0 aromatic carbocycles. The lowest BCUT2D eigenvalue weighted by Gasteiger charge is -2.54. The van der Waals surface area contributed by atoms with Crippen LogP contribution in [0.2, 0.25) is 0 Å². The molecule has 0 aliphatic heterocycles. The highest BCUT2D eigenvalue weighted by Gasteiger charge is 2.47. The molecule has 5 rings (SSSR count). The number of aromatic amines is 1. The zero-order valence-electron chi connectivity index (χ0n) is 11.8. The average Bonchev–Trinajstić information content (AvgIpc) is 2.90. The van der Waals surface area contributed by atoms with Gasteiger partial charge in [0.2, 0.25) is 0 Å². The third kappa shape index (κ3) is 2.12. The maximum Gasteiger partial charge on any atom is 0.0518 e. The molecule has 4 fully saturated rings. The van der Waals surface area contributed by atoms with E-state index >= 15 is 0 Å². The number of H-pyrrole nitrogens is 1. The van der Waals surface area contributed by atoms with Gasteiger partial charge < -0.3 is 5.32 Å². The van der Waals surface area contributed by atoms with Crippen molar-refractivity contribution in [1.29, 1.82) is 0 Å². The Bertz CT molecular complexity index is 397. The van der Waals surface area contributed by atoms with E-state index in [-0.39, 0.29) is 0 Å². The summed E-state index contributed by atoms with van der Waals surface area (Å²) in [5.41, 5.74) is 1.21. The van der Waals surface area contributed by atoms with Gasteiger partial charge in [0.1, 0.15) is 0 Å². The molecule has 0 spiro atoms. The average molecular weight is 259 g/mol. The van der Waals surface area contributed by atoms with Crippen LogP contribution in [-0.2, 0) is 0 Å². The normalized spacial score (nSPS) is 41.6. The lowest BCUT2D eigenvalue weighted by atomic mass is 9.52. The van der Waals surface area contributed by atoms with Gasteiger partial charge in [-0.2, -0.15) is 5.10 Å². The second kappa shape index (κ2) is 4.62. The zero-order valence-corrected chi connectivity index (χ0v) is 11.8. The molecule has 4 saturated carbocycles. The zero-order chi connectivity index (χ0) is 12.8. The van der Waals surface area contributed by atoms with E-state index in [1.54, 1.807) is 6.42 Å². The highest BCUT2D eigenvalue weighted by Crippen LogP contribution is 2.56. The van der Waals surface area contributed by atoms with E-state index in [1.165, 1.54) is 37.9 Å². The highest BCUT2D eigenvalue weighted by atomic mass is 15.1. The Hall–Kier alpha value is -0.830. The van der Waals surface area contributed by atoms with E-state index in [2.05, 4.69) is 28.5 Å². The van der Waals surface area contributed by atoms with Crippen LogP contribution in [0.5, 0.6) is 0 Å². The minimum Gasteiger partial charge on any atom is -0.309 e. The Kier molecular flexibility index (Phi) is 2.91. The van der Waals surface area contributed by atoms with Crippen LogP contribution in [0.4, 0.5) is 0 Å². The molecule has 4 aliphatic rings. The lowest BCUT2D eigenvalue weighted by molar-refractivity contribution is -0.0362. The topological polar surface area (TPSA) is 40.7 Å². The summed E-state index contributed by atoms with van der Waals surface area (Å²) in [7, 11) is 0. The van der Waals surface area contributed by atoms with E-state index < -0.39 is 0 Å². The predicted octanol–water partition coefficient (Wildman–Crippen LogP) is 3.13. The molecule has 4 bridgehead atoms. The lowest BCUT2D eigenvalue weighted by Crippen LogP contribution is -2.48. The van der Waals surface area contributed by atoms with Crippen LogP contribution in [0, 0.1) is 29.6 Å². The summed E-state index contributed by atoms with van der Waals surface area (Å²) < 4.78 is 0.